The molecule has 30 valence electrons. The first-order chi connectivity index (χ1) is 2.27. The lowest BCUT2D eigenvalue weighted by Crippen LogP contribution is -1.58. The molecule has 0 saturated heterocycles. The van der Waals surface area contributed by atoms with Crippen LogP contribution in [0.4, 0.5) is 8.78 Å². The number of halogens is 2. The van der Waals surface area contributed by atoms with Crippen molar-refractivity contribution in [2.75, 3.05) is 0 Å². The van der Waals surface area contributed by atoms with E-state index < -0.39 is 5.45 Å². The second kappa shape index (κ2) is 2.08. The zero-order valence-corrected chi connectivity index (χ0v) is 4.83. The Kier molecular flexibility index (Phi) is 2.00. The third-order valence-corrected chi connectivity index (χ3v) is 0.369. The Morgan fingerprint density at radius 2 is 2.00 bits per heavy atom. The molecule has 0 heterocycles. The molecule has 0 radical (unpaired) electrons. The average molecular weight is 94.1 g/mol. The predicted molar refractivity (Wildman–Crippen MR) is 20.2 cm³/mol. The molecule has 0 atom stereocenters. The van der Waals surface area contributed by atoms with Gasteiger partial charge in [-0.2, -0.15) is 0 Å². The summed E-state index contributed by atoms with van der Waals surface area (Å²) in [6.45, 7) is 0. The van der Waals surface area contributed by atoms with Gasteiger partial charge in [-0.25, -0.2) is 8.78 Å². The molecule has 0 nitrogen and oxygen atoms in total. The number of hydrogen-bond donors (Lipinski definition) is 0. The number of rotatable bonds is 0. The van der Waals surface area contributed by atoms with Crippen molar-refractivity contribution < 1.29 is 8.78 Å². The van der Waals surface area contributed by atoms with Crippen molar-refractivity contribution in [2.24, 2.45) is 0 Å². The van der Waals surface area contributed by atoms with Gasteiger partial charge in [0, 0.05) is 0 Å². The fourth-order valence-corrected chi connectivity index (χ4v) is 0. The van der Waals surface area contributed by atoms with Crippen LogP contribution in [0.15, 0.2) is 11.8 Å². The molecule has 0 aromatic rings. The summed E-state index contributed by atoms with van der Waals surface area (Å²) in [5.41, 5.74) is -0.648. The maximum absolute atomic E-state index is 11.0. The van der Waals surface area contributed by atoms with E-state index in [1.807, 2.05) is 0 Å². The lowest BCUT2D eigenvalue weighted by Gasteiger charge is -1.65. The van der Waals surface area contributed by atoms with Gasteiger partial charge in [-0.15, -0.1) is 0 Å². The van der Waals surface area contributed by atoms with Gasteiger partial charge in [0.1, 0.15) is 6.33 Å². The fourth-order valence-electron chi connectivity index (χ4n) is 0. The van der Waals surface area contributed by atoms with E-state index in [-0.39, 0.29) is 16.6 Å². The summed E-state index contributed by atoms with van der Waals surface area (Å²) in [5, 5.41) is 0. The van der Waals surface area contributed by atoms with Crippen LogP contribution < -0.4 is 0 Å². The quantitative estimate of drug-likeness (QED) is 0.373. The van der Waals surface area contributed by atoms with E-state index in [2.05, 4.69) is 0 Å². The average Bonchev–Trinajstić information content (AvgIpc) is 1.38. The van der Waals surface area contributed by atoms with Gasteiger partial charge in [0.25, 0.3) is 0 Å². The van der Waals surface area contributed by atoms with E-state index >= 15 is 0 Å². The molecule has 0 rings (SSSR count). The van der Waals surface area contributed by atoms with Gasteiger partial charge in [-0.3, -0.25) is 0 Å². The SMILES string of the molecule is FC=C(F)[SiH3]. The third-order valence-electron chi connectivity index (χ3n) is 0.150. The van der Waals surface area contributed by atoms with Crippen LogP contribution in [0.5, 0.6) is 0 Å². The highest BCUT2D eigenvalue weighted by Gasteiger charge is 1.70. The Balaban J connectivity index is 3.14. The van der Waals surface area contributed by atoms with E-state index in [1.165, 1.54) is 0 Å². The maximum atomic E-state index is 11.0. The van der Waals surface area contributed by atoms with Gasteiger partial charge in [-0.05, 0) is 0 Å². The summed E-state index contributed by atoms with van der Waals surface area (Å²) >= 11 is 0. The highest BCUT2D eigenvalue weighted by Crippen LogP contribution is 1.83. The van der Waals surface area contributed by atoms with E-state index in [0.29, 0.717) is 0 Å². The Labute approximate surface area is 31.9 Å². The second-order valence-corrected chi connectivity index (χ2v) is 1.65. The Hall–Kier alpha value is -0.183. The molecule has 0 fully saturated rings. The van der Waals surface area contributed by atoms with Crippen molar-refractivity contribution in [1.29, 1.82) is 0 Å². The molecule has 0 bridgehead atoms. The van der Waals surface area contributed by atoms with Crippen LogP contribution in [0.25, 0.3) is 0 Å². The Bertz CT molecular complexity index is 45.6. The second-order valence-electron chi connectivity index (χ2n) is 0.696. The van der Waals surface area contributed by atoms with Crippen molar-refractivity contribution in [3.05, 3.63) is 11.8 Å². The van der Waals surface area contributed by atoms with Crippen LogP contribution in [-0.2, 0) is 0 Å². The molecule has 0 unspecified atom stereocenters. The van der Waals surface area contributed by atoms with Crippen molar-refractivity contribution in [2.45, 2.75) is 0 Å². The van der Waals surface area contributed by atoms with Crippen LogP contribution in [0.1, 0.15) is 0 Å². The lowest BCUT2D eigenvalue weighted by atomic mass is 11.1. The minimum atomic E-state index is -0.648. The first kappa shape index (κ1) is 4.82. The first-order valence-electron chi connectivity index (χ1n) is 1.20. The van der Waals surface area contributed by atoms with Crippen LogP contribution in [0.2, 0.25) is 0 Å². The smallest absolute Gasteiger partial charge is 0.112 e. The molecule has 0 saturated carbocycles. The molecule has 0 aliphatic carbocycles. The first-order valence-corrected chi connectivity index (χ1v) is 2.20. The van der Waals surface area contributed by atoms with E-state index in [4.69, 9.17) is 0 Å². The topological polar surface area (TPSA) is 0 Å². The monoisotopic (exact) mass is 94.0 g/mol. The standard InChI is InChI=1S/C2H4F2Si/c3-1-2(4)5/h1H,5H3. The van der Waals surface area contributed by atoms with Gasteiger partial charge in [0.15, 0.2) is 0 Å². The van der Waals surface area contributed by atoms with E-state index in [0.717, 1.165) is 0 Å². The molecule has 0 aliphatic rings. The van der Waals surface area contributed by atoms with Crippen LogP contribution in [0.3, 0.4) is 0 Å². The maximum Gasteiger partial charge on any atom is 0.112 e. The minimum Gasteiger partial charge on any atom is -0.216 e. The van der Waals surface area contributed by atoms with Gasteiger partial charge >= 0.3 is 0 Å². The zero-order chi connectivity index (χ0) is 4.28. The van der Waals surface area contributed by atoms with Crippen LogP contribution in [0, 0.1) is 0 Å². The molecular weight excluding hydrogens is 90.1 g/mol. The van der Waals surface area contributed by atoms with Crippen molar-refractivity contribution in [3.63, 3.8) is 0 Å². The molecule has 0 amide bonds. The van der Waals surface area contributed by atoms with Gasteiger partial charge in [-0.1, -0.05) is 0 Å². The largest absolute Gasteiger partial charge is 0.216 e. The normalized spacial score (nSPS) is 12.8. The highest BCUT2D eigenvalue weighted by molar-refractivity contribution is 6.19. The van der Waals surface area contributed by atoms with Gasteiger partial charge < -0.3 is 0 Å². The summed E-state index contributed by atoms with van der Waals surface area (Å²) in [6.07, 6.45) is -0.0216. The Morgan fingerprint density at radius 1 is 1.80 bits per heavy atom. The van der Waals surface area contributed by atoms with Gasteiger partial charge in [0.05, 0.1) is 15.7 Å². The van der Waals surface area contributed by atoms with Crippen LogP contribution >= 0.6 is 0 Å². The highest BCUT2D eigenvalue weighted by atomic mass is 28.1. The number of hydrogen-bond acceptors (Lipinski definition) is 0. The molecule has 0 aromatic carbocycles. The molecule has 0 N–H and O–H groups in total. The summed E-state index contributed by atoms with van der Waals surface area (Å²) in [5.74, 6) is 0. The summed E-state index contributed by atoms with van der Waals surface area (Å²) in [4.78, 5) is 0. The molecular formula is C2H4F2Si. The summed E-state index contributed by atoms with van der Waals surface area (Å²) in [6, 6.07) is 0. The predicted octanol–water partition coefficient (Wildman–Crippen LogP) is 0.0897. The summed E-state index contributed by atoms with van der Waals surface area (Å²) in [7, 11) is 0.189. The van der Waals surface area contributed by atoms with Gasteiger partial charge in [0.2, 0.25) is 0 Å². The van der Waals surface area contributed by atoms with E-state index in [9.17, 15) is 8.78 Å². The third kappa shape index (κ3) is 3.82. The fraction of sp³-hybridized carbons (Fsp3) is 0. The van der Waals surface area contributed by atoms with Crippen molar-refractivity contribution in [1.82, 2.24) is 0 Å². The zero-order valence-electron chi connectivity index (χ0n) is 2.83. The molecule has 0 spiro atoms. The molecule has 3 heteroatoms. The summed E-state index contributed by atoms with van der Waals surface area (Å²) < 4.78 is 21.6. The minimum absolute atomic E-state index is 0.0216. The Morgan fingerprint density at radius 3 is 2.00 bits per heavy atom. The van der Waals surface area contributed by atoms with Crippen molar-refractivity contribution in [3.8, 4) is 0 Å². The lowest BCUT2D eigenvalue weighted by molar-refractivity contribution is 0.626. The molecule has 0 aromatic heterocycles. The van der Waals surface area contributed by atoms with Crippen molar-refractivity contribution >= 4 is 10.2 Å². The molecule has 5 heavy (non-hydrogen) atoms. The van der Waals surface area contributed by atoms with E-state index in [1.54, 1.807) is 0 Å². The molecule has 0 aliphatic heterocycles. The van der Waals surface area contributed by atoms with Crippen LogP contribution in [-0.4, -0.2) is 10.2 Å².